The fraction of sp³-hybridized carbons (Fsp3) is 0. The first-order valence-electron chi connectivity index (χ1n) is 5.01. The summed E-state index contributed by atoms with van der Waals surface area (Å²) >= 11 is 4.37. The minimum Gasteiger partial charge on any atom is -0.201 e. The molecule has 0 aliphatic heterocycles. The van der Waals surface area contributed by atoms with Crippen LogP contribution in [0.15, 0.2) is 15.9 Å². The summed E-state index contributed by atoms with van der Waals surface area (Å²) in [6, 6.07) is 4.76. The molecule has 0 aromatic carbocycles. The number of nitriles is 1. The van der Waals surface area contributed by atoms with Crippen LogP contribution < -0.4 is 0 Å². The summed E-state index contributed by atoms with van der Waals surface area (Å²) in [6.07, 6.45) is 1.13. The lowest BCUT2D eigenvalue weighted by atomic mass is 10.1. The Labute approximate surface area is 123 Å². The highest BCUT2D eigenvalue weighted by Gasteiger charge is 2.23. The Kier molecular flexibility index (Phi) is 4.20. The van der Waals surface area contributed by atoms with Crippen LogP contribution in [0.2, 0.25) is 0 Å². The second-order valence-corrected chi connectivity index (χ2v) is 6.00. The van der Waals surface area contributed by atoms with E-state index in [-0.39, 0.29) is 0 Å². The molecule has 0 amide bonds. The van der Waals surface area contributed by atoms with E-state index in [2.05, 4.69) is 20.9 Å². The zero-order chi connectivity index (χ0) is 14.9. The molecule has 0 aliphatic rings. The summed E-state index contributed by atoms with van der Waals surface area (Å²) in [5.41, 5.74) is -1.60. The van der Waals surface area contributed by atoms with Crippen molar-refractivity contribution in [2.24, 2.45) is 0 Å². The Morgan fingerprint density at radius 1 is 1.20 bits per heavy atom. The maximum Gasteiger partial charge on any atom is 0.252 e. The number of hydrogen-bond acceptors (Lipinski definition) is 3. The van der Waals surface area contributed by atoms with Gasteiger partial charge in [-0.3, -0.25) is 0 Å². The van der Waals surface area contributed by atoms with Crippen LogP contribution in [0.1, 0.15) is 10.4 Å². The Bertz CT molecular complexity index is 722. The van der Waals surface area contributed by atoms with Crippen LogP contribution in [0, 0.1) is 34.9 Å². The van der Waals surface area contributed by atoms with Gasteiger partial charge < -0.3 is 0 Å². The zero-order valence-corrected chi connectivity index (χ0v) is 11.8. The smallest absolute Gasteiger partial charge is 0.201 e. The number of aromatic nitrogens is 1. The van der Waals surface area contributed by atoms with Gasteiger partial charge in [-0.25, -0.2) is 8.78 Å². The Hall–Kier alpha value is -1.72. The number of hydrogen-bond donors (Lipinski definition) is 0. The predicted octanol–water partition coefficient (Wildman–Crippen LogP) is 4.53. The van der Waals surface area contributed by atoms with Gasteiger partial charge in [0.05, 0.1) is 14.9 Å². The molecule has 0 radical (unpaired) electrons. The van der Waals surface area contributed by atoms with Gasteiger partial charge in [-0.05, 0) is 34.1 Å². The van der Waals surface area contributed by atoms with Crippen molar-refractivity contribution in [3.63, 3.8) is 0 Å². The molecule has 0 saturated carbocycles. The number of thiophene rings is 1. The first-order valence-corrected chi connectivity index (χ1v) is 6.62. The van der Waals surface area contributed by atoms with E-state index in [1.165, 1.54) is 17.4 Å². The van der Waals surface area contributed by atoms with Crippen molar-refractivity contribution in [1.82, 2.24) is 4.98 Å². The van der Waals surface area contributed by atoms with Gasteiger partial charge in [0.2, 0.25) is 0 Å². The molecule has 102 valence electrons. The summed E-state index contributed by atoms with van der Waals surface area (Å²) in [5, 5.41) is 8.95. The standard InChI is InChI=1S/C12H3BrF4N2S/c13-7-2-1-6(20-7)3-5(4-18)8-9(14)11(16)19-12(17)10(8)15/h1-3H. The lowest BCUT2D eigenvalue weighted by Gasteiger charge is -2.04. The second-order valence-electron chi connectivity index (χ2n) is 3.51. The van der Waals surface area contributed by atoms with Gasteiger partial charge in [-0.15, -0.1) is 11.3 Å². The maximum absolute atomic E-state index is 13.5. The van der Waals surface area contributed by atoms with Crippen molar-refractivity contribution in [2.45, 2.75) is 0 Å². The van der Waals surface area contributed by atoms with Crippen LogP contribution in [0.25, 0.3) is 11.6 Å². The van der Waals surface area contributed by atoms with E-state index in [4.69, 9.17) is 5.26 Å². The summed E-state index contributed by atoms with van der Waals surface area (Å²) in [6.45, 7) is 0. The topological polar surface area (TPSA) is 36.7 Å². The van der Waals surface area contributed by atoms with Crippen LogP contribution in [0.3, 0.4) is 0 Å². The molecule has 0 atom stereocenters. The Balaban J connectivity index is 2.65. The van der Waals surface area contributed by atoms with Gasteiger partial charge in [0, 0.05) is 4.88 Å². The van der Waals surface area contributed by atoms with Crippen LogP contribution >= 0.6 is 27.3 Å². The van der Waals surface area contributed by atoms with E-state index in [0.717, 1.165) is 9.86 Å². The molecule has 2 aromatic rings. The first kappa shape index (κ1) is 14.7. The molecule has 2 nitrogen and oxygen atoms in total. The molecule has 20 heavy (non-hydrogen) atoms. The monoisotopic (exact) mass is 362 g/mol. The predicted molar refractivity (Wildman–Crippen MR) is 69.6 cm³/mol. The van der Waals surface area contributed by atoms with Crippen molar-refractivity contribution in [2.75, 3.05) is 0 Å². The molecular formula is C12H3BrF4N2S. The number of rotatable bonds is 2. The number of pyridine rings is 1. The van der Waals surface area contributed by atoms with Crippen molar-refractivity contribution in [3.8, 4) is 6.07 Å². The van der Waals surface area contributed by atoms with E-state index in [1.54, 1.807) is 12.1 Å². The summed E-state index contributed by atoms with van der Waals surface area (Å²) < 4.78 is 53.9. The van der Waals surface area contributed by atoms with Crippen molar-refractivity contribution in [3.05, 3.63) is 49.9 Å². The average Bonchev–Trinajstić information content (AvgIpc) is 2.81. The minimum atomic E-state index is -1.80. The lowest BCUT2D eigenvalue weighted by molar-refractivity contribution is 0.404. The molecule has 0 N–H and O–H groups in total. The largest absolute Gasteiger partial charge is 0.252 e. The Morgan fingerprint density at radius 3 is 2.25 bits per heavy atom. The van der Waals surface area contributed by atoms with Crippen LogP contribution in [-0.4, -0.2) is 4.98 Å². The van der Waals surface area contributed by atoms with Crippen LogP contribution in [0.4, 0.5) is 17.6 Å². The third-order valence-electron chi connectivity index (χ3n) is 2.27. The molecule has 0 aliphatic carbocycles. The van der Waals surface area contributed by atoms with Gasteiger partial charge in [0.25, 0.3) is 11.9 Å². The summed E-state index contributed by atoms with van der Waals surface area (Å²) in [7, 11) is 0. The zero-order valence-electron chi connectivity index (χ0n) is 9.42. The van der Waals surface area contributed by atoms with Gasteiger partial charge in [0.1, 0.15) is 6.07 Å². The average molecular weight is 363 g/mol. The maximum atomic E-state index is 13.5. The van der Waals surface area contributed by atoms with Crippen LogP contribution in [-0.2, 0) is 0 Å². The fourth-order valence-corrected chi connectivity index (χ4v) is 2.80. The van der Waals surface area contributed by atoms with Crippen molar-refractivity contribution >= 4 is 38.9 Å². The third-order valence-corrected chi connectivity index (χ3v) is 3.84. The molecule has 0 fully saturated rings. The van der Waals surface area contributed by atoms with Crippen molar-refractivity contribution in [1.29, 1.82) is 5.26 Å². The normalized spacial score (nSPS) is 11.5. The summed E-state index contributed by atoms with van der Waals surface area (Å²) in [4.78, 5) is 2.93. The van der Waals surface area contributed by atoms with Gasteiger partial charge in [-0.2, -0.15) is 19.0 Å². The lowest BCUT2D eigenvalue weighted by Crippen LogP contribution is -2.05. The molecule has 0 spiro atoms. The van der Waals surface area contributed by atoms with Crippen molar-refractivity contribution < 1.29 is 17.6 Å². The third kappa shape index (κ3) is 2.73. The van der Waals surface area contributed by atoms with Gasteiger partial charge in [-0.1, -0.05) is 0 Å². The molecular weight excluding hydrogens is 360 g/mol. The SMILES string of the molecule is N#CC(=Cc1ccc(Br)s1)c1c(F)c(F)nc(F)c1F. The molecule has 0 unspecified atom stereocenters. The molecule has 2 rings (SSSR count). The Morgan fingerprint density at radius 2 is 1.80 bits per heavy atom. The number of nitrogens with zero attached hydrogens (tertiary/aromatic N) is 2. The van der Waals surface area contributed by atoms with E-state index < -0.39 is 34.7 Å². The van der Waals surface area contributed by atoms with E-state index in [1.807, 2.05) is 0 Å². The van der Waals surface area contributed by atoms with E-state index in [0.29, 0.717) is 4.88 Å². The van der Waals surface area contributed by atoms with Gasteiger partial charge >= 0.3 is 0 Å². The highest BCUT2D eigenvalue weighted by molar-refractivity contribution is 9.11. The number of allylic oxidation sites excluding steroid dienone is 1. The quantitative estimate of drug-likeness (QED) is 0.447. The minimum absolute atomic E-state index is 0.491. The summed E-state index contributed by atoms with van der Waals surface area (Å²) in [5.74, 6) is -7.00. The van der Waals surface area contributed by atoms with E-state index in [9.17, 15) is 17.6 Å². The number of halogens is 5. The highest BCUT2D eigenvalue weighted by atomic mass is 79.9. The molecule has 0 saturated heterocycles. The highest BCUT2D eigenvalue weighted by Crippen LogP contribution is 2.29. The van der Waals surface area contributed by atoms with Gasteiger partial charge in [0.15, 0.2) is 11.6 Å². The van der Waals surface area contributed by atoms with Crippen LogP contribution in [0.5, 0.6) is 0 Å². The molecule has 0 bridgehead atoms. The molecule has 2 heterocycles. The molecule has 2 aromatic heterocycles. The second kappa shape index (κ2) is 5.73. The van der Waals surface area contributed by atoms with E-state index >= 15 is 0 Å². The molecule has 8 heteroatoms. The first-order chi connectivity index (χ1) is 9.43. The fourth-order valence-electron chi connectivity index (χ4n) is 1.43.